The fraction of sp³-hybridized carbons (Fsp3) is 1.00. The molecule has 0 aromatic heterocycles. The van der Waals surface area contributed by atoms with Gasteiger partial charge in [0.05, 0.1) is 0 Å². The Balaban J connectivity index is 2.84. The van der Waals surface area contributed by atoms with Gasteiger partial charge in [-0.3, -0.25) is 0 Å². The van der Waals surface area contributed by atoms with Gasteiger partial charge >= 0.3 is 0 Å². The van der Waals surface area contributed by atoms with Crippen molar-refractivity contribution in [2.24, 2.45) is 5.11 Å². The standard InChI is InChI=1S/C8H15N3S2/c1-3-7-8(4-2,10-11-9)13-6-5-12-7/h7H,3-6H2,1-2H3/t7-,8+/m1/s1. The Labute approximate surface area is 87.7 Å². The van der Waals surface area contributed by atoms with Crippen LogP contribution in [0.15, 0.2) is 5.11 Å². The highest BCUT2D eigenvalue weighted by Crippen LogP contribution is 2.45. The molecule has 0 bridgehead atoms. The Kier molecular flexibility index (Phi) is 4.29. The van der Waals surface area contributed by atoms with Gasteiger partial charge < -0.3 is 0 Å². The molecule has 0 unspecified atom stereocenters. The zero-order valence-corrected chi connectivity index (χ0v) is 9.70. The van der Waals surface area contributed by atoms with E-state index in [0.717, 1.165) is 18.6 Å². The Bertz CT molecular complexity index is 215. The topological polar surface area (TPSA) is 48.8 Å². The molecule has 0 amide bonds. The Morgan fingerprint density at radius 3 is 2.85 bits per heavy atom. The lowest BCUT2D eigenvalue weighted by atomic mass is 10.1. The maximum absolute atomic E-state index is 8.56. The van der Waals surface area contributed by atoms with Gasteiger partial charge in [-0.2, -0.15) is 11.8 Å². The lowest BCUT2D eigenvalue weighted by molar-refractivity contribution is 0.544. The molecule has 0 spiro atoms. The van der Waals surface area contributed by atoms with Gasteiger partial charge in [-0.15, -0.1) is 11.8 Å². The molecule has 1 saturated heterocycles. The van der Waals surface area contributed by atoms with Crippen molar-refractivity contribution in [1.29, 1.82) is 0 Å². The first-order valence-corrected chi connectivity index (χ1v) is 6.64. The van der Waals surface area contributed by atoms with Gasteiger partial charge in [-0.1, -0.05) is 19.0 Å². The molecule has 1 fully saturated rings. The molecule has 13 heavy (non-hydrogen) atoms. The van der Waals surface area contributed by atoms with Crippen LogP contribution in [0.5, 0.6) is 0 Å². The van der Waals surface area contributed by atoms with E-state index in [9.17, 15) is 0 Å². The number of hydrogen-bond acceptors (Lipinski definition) is 3. The van der Waals surface area contributed by atoms with Crippen molar-refractivity contribution in [2.75, 3.05) is 11.5 Å². The number of thioether (sulfide) groups is 2. The summed E-state index contributed by atoms with van der Waals surface area (Å²) in [5.41, 5.74) is 8.56. The van der Waals surface area contributed by atoms with E-state index in [1.807, 2.05) is 23.5 Å². The van der Waals surface area contributed by atoms with Crippen LogP contribution in [-0.4, -0.2) is 21.6 Å². The van der Waals surface area contributed by atoms with Crippen molar-refractivity contribution < 1.29 is 0 Å². The first-order chi connectivity index (χ1) is 6.29. The normalized spacial score (nSPS) is 33.8. The summed E-state index contributed by atoms with van der Waals surface area (Å²) in [7, 11) is 0. The van der Waals surface area contributed by atoms with Crippen LogP contribution in [0.2, 0.25) is 0 Å². The SMILES string of the molecule is CC[C@H]1SCCS[C@]1(CC)N=[N+]=[N-]. The van der Waals surface area contributed by atoms with E-state index in [2.05, 4.69) is 23.9 Å². The summed E-state index contributed by atoms with van der Waals surface area (Å²) in [5.74, 6) is 2.29. The predicted molar refractivity (Wildman–Crippen MR) is 61.2 cm³/mol. The molecular formula is C8H15N3S2. The fourth-order valence-corrected chi connectivity index (χ4v) is 4.76. The molecule has 3 nitrogen and oxygen atoms in total. The Hall–Kier alpha value is 0.01000. The summed E-state index contributed by atoms with van der Waals surface area (Å²) in [6.07, 6.45) is 2.03. The van der Waals surface area contributed by atoms with E-state index in [1.54, 1.807) is 0 Å². The van der Waals surface area contributed by atoms with Crippen LogP contribution >= 0.6 is 23.5 Å². The molecule has 1 aliphatic rings. The summed E-state index contributed by atoms with van der Waals surface area (Å²) in [5, 5.41) is 4.50. The second-order valence-electron chi connectivity index (χ2n) is 3.00. The molecule has 1 rings (SSSR count). The van der Waals surface area contributed by atoms with E-state index in [1.165, 1.54) is 5.75 Å². The lowest BCUT2D eigenvalue weighted by Crippen LogP contribution is -2.37. The number of nitrogens with zero attached hydrogens (tertiary/aromatic N) is 3. The first kappa shape index (κ1) is 11.1. The molecule has 0 aromatic rings. The molecule has 0 radical (unpaired) electrons. The van der Waals surface area contributed by atoms with E-state index >= 15 is 0 Å². The molecule has 0 aromatic carbocycles. The van der Waals surface area contributed by atoms with Crippen LogP contribution in [0, 0.1) is 0 Å². The fourth-order valence-electron chi connectivity index (χ4n) is 1.64. The minimum absolute atomic E-state index is 0.174. The third-order valence-corrected chi connectivity index (χ3v) is 5.88. The van der Waals surface area contributed by atoms with Gasteiger partial charge in [-0.05, 0) is 18.4 Å². The first-order valence-electron chi connectivity index (χ1n) is 4.61. The van der Waals surface area contributed by atoms with Crippen LogP contribution in [0.4, 0.5) is 0 Å². The zero-order chi connectivity index (χ0) is 9.73. The van der Waals surface area contributed by atoms with Gasteiger partial charge in [0.1, 0.15) is 4.87 Å². The second-order valence-corrected chi connectivity index (χ2v) is 5.72. The summed E-state index contributed by atoms with van der Waals surface area (Å²) < 4.78 is 0. The highest BCUT2D eigenvalue weighted by atomic mass is 32.2. The molecule has 1 heterocycles. The zero-order valence-electron chi connectivity index (χ0n) is 8.06. The Morgan fingerprint density at radius 2 is 2.31 bits per heavy atom. The predicted octanol–water partition coefficient (Wildman–Crippen LogP) is 3.66. The number of rotatable bonds is 3. The van der Waals surface area contributed by atoms with E-state index < -0.39 is 0 Å². The maximum atomic E-state index is 8.56. The molecule has 5 heteroatoms. The summed E-state index contributed by atoms with van der Waals surface area (Å²) >= 11 is 3.78. The van der Waals surface area contributed by atoms with Crippen molar-refractivity contribution >= 4 is 23.5 Å². The van der Waals surface area contributed by atoms with Crippen LogP contribution in [-0.2, 0) is 0 Å². The average molecular weight is 217 g/mol. The maximum Gasteiger partial charge on any atom is 0.106 e. The minimum Gasteiger partial charge on any atom is -0.156 e. The van der Waals surface area contributed by atoms with E-state index in [-0.39, 0.29) is 4.87 Å². The highest BCUT2D eigenvalue weighted by molar-refractivity contribution is 8.07. The molecule has 0 N–H and O–H groups in total. The number of hydrogen-bond donors (Lipinski definition) is 0. The molecular weight excluding hydrogens is 202 g/mol. The van der Waals surface area contributed by atoms with Gasteiger partial charge in [-0.25, -0.2) is 0 Å². The molecule has 74 valence electrons. The van der Waals surface area contributed by atoms with Crippen molar-refractivity contribution in [1.82, 2.24) is 0 Å². The van der Waals surface area contributed by atoms with E-state index in [0.29, 0.717) is 5.25 Å². The van der Waals surface area contributed by atoms with Gasteiger partial charge in [0, 0.05) is 21.7 Å². The lowest BCUT2D eigenvalue weighted by Gasteiger charge is -2.38. The third-order valence-electron chi connectivity index (χ3n) is 2.35. The van der Waals surface area contributed by atoms with E-state index in [4.69, 9.17) is 5.53 Å². The second kappa shape index (κ2) is 5.03. The van der Waals surface area contributed by atoms with Gasteiger partial charge in [0.25, 0.3) is 0 Å². The minimum atomic E-state index is -0.174. The van der Waals surface area contributed by atoms with Gasteiger partial charge in [0.2, 0.25) is 0 Å². The van der Waals surface area contributed by atoms with Crippen LogP contribution < -0.4 is 0 Å². The molecule has 1 aliphatic heterocycles. The average Bonchev–Trinajstić information content (AvgIpc) is 2.19. The van der Waals surface area contributed by atoms with Crippen molar-refractivity contribution in [2.45, 2.75) is 36.8 Å². The van der Waals surface area contributed by atoms with Gasteiger partial charge in [0.15, 0.2) is 0 Å². The highest BCUT2D eigenvalue weighted by Gasteiger charge is 2.38. The van der Waals surface area contributed by atoms with Crippen LogP contribution in [0.3, 0.4) is 0 Å². The van der Waals surface area contributed by atoms with Crippen molar-refractivity contribution in [3.63, 3.8) is 0 Å². The Morgan fingerprint density at radius 1 is 1.54 bits per heavy atom. The number of azide groups is 1. The molecule has 2 atom stereocenters. The summed E-state index contributed by atoms with van der Waals surface area (Å²) in [6.45, 7) is 4.27. The summed E-state index contributed by atoms with van der Waals surface area (Å²) in [4.78, 5) is 2.82. The van der Waals surface area contributed by atoms with Crippen molar-refractivity contribution in [3.8, 4) is 0 Å². The largest absolute Gasteiger partial charge is 0.156 e. The van der Waals surface area contributed by atoms with Crippen LogP contribution in [0.1, 0.15) is 26.7 Å². The third kappa shape index (κ3) is 2.27. The molecule has 0 saturated carbocycles. The van der Waals surface area contributed by atoms with Crippen LogP contribution in [0.25, 0.3) is 10.4 Å². The monoisotopic (exact) mass is 217 g/mol. The summed E-state index contributed by atoms with van der Waals surface area (Å²) in [6, 6.07) is 0. The smallest absolute Gasteiger partial charge is 0.106 e. The molecule has 0 aliphatic carbocycles. The van der Waals surface area contributed by atoms with Crippen molar-refractivity contribution in [3.05, 3.63) is 10.4 Å². The quantitative estimate of drug-likeness (QED) is 0.411.